The standard InChI is InChI=1S/C24H26N4O5/c1-16-20(27-9-3-2-7-18(27)25-16)22(29)19-21(17-6-4-13-33-17)28(24(31)23(19)30)10-5-8-26-11-14-32-15-12-26/h2-4,6-7,9,13,21,29H,5,8,10-12,14-15H2,1H3/b22-19-. The van der Waals surface area contributed by atoms with Gasteiger partial charge in [-0.1, -0.05) is 6.07 Å². The van der Waals surface area contributed by atoms with Crippen molar-refractivity contribution in [3.8, 4) is 0 Å². The molecule has 3 aromatic rings. The predicted octanol–water partition coefficient (Wildman–Crippen LogP) is 2.38. The van der Waals surface area contributed by atoms with Crippen LogP contribution in [-0.2, 0) is 14.3 Å². The molecule has 33 heavy (non-hydrogen) atoms. The molecule has 0 aliphatic carbocycles. The van der Waals surface area contributed by atoms with Gasteiger partial charge in [0, 0.05) is 32.4 Å². The lowest BCUT2D eigenvalue weighted by atomic mass is 10.0. The van der Waals surface area contributed by atoms with E-state index >= 15 is 0 Å². The second-order valence-electron chi connectivity index (χ2n) is 8.29. The summed E-state index contributed by atoms with van der Waals surface area (Å²) < 4.78 is 12.7. The van der Waals surface area contributed by atoms with Crippen molar-refractivity contribution in [2.75, 3.05) is 39.4 Å². The van der Waals surface area contributed by atoms with E-state index in [-0.39, 0.29) is 11.3 Å². The van der Waals surface area contributed by atoms with Crippen LogP contribution in [0, 0.1) is 6.92 Å². The number of imidazole rings is 1. The molecule has 1 atom stereocenters. The minimum atomic E-state index is -0.793. The quantitative estimate of drug-likeness (QED) is 0.350. The fraction of sp³-hybridized carbons (Fsp3) is 0.375. The molecule has 3 aromatic heterocycles. The first-order chi connectivity index (χ1) is 16.1. The van der Waals surface area contributed by atoms with Crippen LogP contribution in [0.3, 0.4) is 0 Å². The summed E-state index contributed by atoms with van der Waals surface area (Å²) in [5.74, 6) is -1.16. The summed E-state index contributed by atoms with van der Waals surface area (Å²) in [5.41, 5.74) is 1.63. The maximum absolute atomic E-state index is 13.2. The number of morpholine rings is 1. The molecule has 1 amide bonds. The number of aliphatic hydroxyl groups excluding tert-OH is 1. The number of rotatable bonds is 6. The van der Waals surface area contributed by atoms with E-state index in [4.69, 9.17) is 9.15 Å². The first-order valence-corrected chi connectivity index (χ1v) is 11.1. The third-order valence-corrected chi connectivity index (χ3v) is 6.26. The zero-order valence-electron chi connectivity index (χ0n) is 18.4. The molecule has 5 heterocycles. The molecule has 9 heteroatoms. The molecular weight excluding hydrogens is 424 g/mol. The largest absolute Gasteiger partial charge is 0.505 e. The summed E-state index contributed by atoms with van der Waals surface area (Å²) in [6, 6.07) is 8.13. The monoisotopic (exact) mass is 450 g/mol. The highest BCUT2D eigenvalue weighted by molar-refractivity contribution is 6.46. The summed E-state index contributed by atoms with van der Waals surface area (Å²) in [7, 11) is 0. The van der Waals surface area contributed by atoms with Crippen LogP contribution in [0.15, 0.2) is 52.8 Å². The van der Waals surface area contributed by atoms with Gasteiger partial charge >= 0.3 is 0 Å². The molecule has 2 aliphatic rings. The topological polar surface area (TPSA) is 101 Å². The molecule has 172 valence electrons. The summed E-state index contributed by atoms with van der Waals surface area (Å²) in [4.78, 5) is 34.5. The Kier molecular flexibility index (Phi) is 5.74. The number of aromatic nitrogens is 2. The Morgan fingerprint density at radius 2 is 1.97 bits per heavy atom. The Hall–Kier alpha value is -3.43. The highest BCUT2D eigenvalue weighted by Crippen LogP contribution is 2.40. The summed E-state index contributed by atoms with van der Waals surface area (Å²) in [6.07, 6.45) is 3.96. The molecule has 0 saturated carbocycles. The third kappa shape index (κ3) is 3.83. The van der Waals surface area contributed by atoms with Crippen molar-refractivity contribution in [1.82, 2.24) is 19.2 Å². The van der Waals surface area contributed by atoms with Crippen LogP contribution in [0.5, 0.6) is 0 Å². The van der Waals surface area contributed by atoms with Gasteiger partial charge in [0.05, 0.1) is 30.7 Å². The molecule has 0 aromatic carbocycles. The SMILES string of the molecule is Cc1nc2ccccn2c1/C(O)=C1/C(=O)C(=O)N(CCCN2CCOCC2)C1c1ccco1. The number of furan rings is 1. The summed E-state index contributed by atoms with van der Waals surface area (Å²) in [6.45, 7) is 6.05. The van der Waals surface area contributed by atoms with E-state index in [9.17, 15) is 14.7 Å². The molecule has 0 radical (unpaired) electrons. The Morgan fingerprint density at radius 1 is 1.15 bits per heavy atom. The number of ketones is 1. The zero-order valence-corrected chi connectivity index (χ0v) is 18.4. The number of ether oxygens (including phenoxy) is 1. The average Bonchev–Trinajstić information content (AvgIpc) is 3.52. The molecule has 1 unspecified atom stereocenters. The molecule has 2 fully saturated rings. The average molecular weight is 450 g/mol. The molecule has 0 spiro atoms. The van der Waals surface area contributed by atoms with Crippen LogP contribution in [-0.4, -0.2) is 75.4 Å². The fourth-order valence-electron chi connectivity index (χ4n) is 4.67. The molecular formula is C24H26N4O5. The first-order valence-electron chi connectivity index (χ1n) is 11.1. The number of Topliss-reactive ketones (excluding diaryl/α,β-unsaturated/α-hetero) is 1. The van der Waals surface area contributed by atoms with Gasteiger partial charge in [0.15, 0.2) is 5.76 Å². The number of hydrogen-bond acceptors (Lipinski definition) is 7. The van der Waals surface area contributed by atoms with Crippen LogP contribution < -0.4 is 0 Å². The lowest BCUT2D eigenvalue weighted by Gasteiger charge is -2.28. The van der Waals surface area contributed by atoms with Crippen LogP contribution in [0.2, 0.25) is 0 Å². The summed E-state index contributed by atoms with van der Waals surface area (Å²) in [5, 5.41) is 11.3. The van der Waals surface area contributed by atoms with Gasteiger partial charge in [-0.2, -0.15) is 0 Å². The van der Waals surface area contributed by atoms with Gasteiger partial charge in [-0.05, 0) is 37.6 Å². The maximum Gasteiger partial charge on any atom is 0.295 e. The number of aliphatic hydroxyl groups is 1. The lowest BCUT2D eigenvalue weighted by molar-refractivity contribution is -0.140. The van der Waals surface area contributed by atoms with Gasteiger partial charge < -0.3 is 19.2 Å². The minimum Gasteiger partial charge on any atom is -0.505 e. The van der Waals surface area contributed by atoms with Crippen molar-refractivity contribution in [1.29, 1.82) is 0 Å². The van der Waals surface area contributed by atoms with Crippen molar-refractivity contribution < 1.29 is 23.8 Å². The fourth-order valence-corrected chi connectivity index (χ4v) is 4.67. The number of nitrogens with zero attached hydrogens (tertiary/aromatic N) is 4. The van der Waals surface area contributed by atoms with E-state index < -0.39 is 17.7 Å². The molecule has 2 aliphatic heterocycles. The van der Waals surface area contributed by atoms with E-state index in [0.29, 0.717) is 49.0 Å². The number of carbonyl (C=O) groups excluding carboxylic acids is 2. The first kappa shape index (κ1) is 21.4. The van der Waals surface area contributed by atoms with Crippen LogP contribution >= 0.6 is 0 Å². The number of amides is 1. The van der Waals surface area contributed by atoms with Crippen molar-refractivity contribution in [3.05, 3.63) is 65.5 Å². The highest BCUT2D eigenvalue weighted by Gasteiger charge is 2.47. The van der Waals surface area contributed by atoms with Gasteiger partial charge in [-0.15, -0.1) is 0 Å². The van der Waals surface area contributed by atoms with Crippen LogP contribution in [0.1, 0.15) is 29.6 Å². The van der Waals surface area contributed by atoms with Crippen LogP contribution in [0.25, 0.3) is 11.4 Å². The normalized spacial score (nSPS) is 21.4. The number of aryl methyl sites for hydroxylation is 1. The number of carbonyl (C=O) groups is 2. The number of pyridine rings is 1. The van der Waals surface area contributed by atoms with Gasteiger partial charge in [0.1, 0.15) is 23.1 Å². The lowest BCUT2D eigenvalue weighted by Crippen LogP contribution is -2.38. The predicted molar refractivity (Wildman–Crippen MR) is 120 cm³/mol. The number of hydrogen-bond donors (Lipinski definition) is 1. The van der Waals surface area contributed by atoms with Crippen LogP contribution in [0.4, 0.5) is 0 Å². The third-order valence-electron chi connectivity index (χ3n) is 6.26. The van der Waals surface area contributed by atoms with Gasteiger partial charge in [0.2, 0.25) is 0 Å². The summed E-state index contributed by atoms with van der Waals surface area (Å²) >= 11 is 0. The van der Waals surface area contributed by atoms with Crippen molar-refractivity contribution in [2.24, 2.45) is 0 Å². The van der Waals surface area contributed by atoms with Gasteiger partial charge in [-0.3, -0.25) is 18.9 Å². The van der Waals surface area contributed by atoms with Crippen molar-refractivity contribution in [3.63, 3.8) is 0 Å². The maximum atomic E-state index is 13.2. The van der Waals surface area contributed by atoms with E-state index in [2.05, 4.69) is 9.88 Å². The highest BCUT2D eigenvalue weighted by atomic mass is 16.5. The molecule has 2 saturated heterocycles. The Bertz CT molecular complexity index is 1210. The molecule has 9 nitrogen and oxygen atoms in total. The molecule has 5 rings (SSSR count). The number of likely N-dealkylation sites (tertiary alicyclic amines) is 1. The minimum absolute atomic E-state index is 0.0232. The van der Waals surface area contributed by atoms with E-state index in [1.807, 2.05) is 18.2 Å². The van der Waals surface area contributed by atoms with Crippen molar-refractivity contribution >= 4 is 23.1 Å². The Labute approximate surface area is 190 Å². The van der Waals surface area contributed by atoms with E-state index in [0.717, 1.165) is 19.6 Å². The zero-order chi connectivity index (χ0) is 22.9. The van der Waals surface area contributed by atoms with E-state index in [1.165, 1.54) is 11.2 Å². The second kappa shape index (κ2) is 8.84. The van der Waals surface area contributed by atoms with Gasteiger partial charge in [-0.25, -0.2) is 4.98 Å². The Balaban J connectivity index is 1.51. The molecule has 1 N–H and O–H groups in total. The van der Waals surface area contributed by atoms with Crippen molar-refractivity contribution in [2.45, 2.75) is 19.4 Å². The number of fused-ring (bicyclic) bond motifs is 1. The Morgan fingerprint density at radius 3 is 2.73 bits per heavy atom. The smallest absolute Gasteiger partial charge is 0.295 e. The second-order valence-corrected chi connectivity index (χ2v) is 8.29. The van der Waals surface area contributed by atoms with Gasteiger partial charge in [0.25, 0.3) is 11.7 Å². The molecule has 0 bridgehead atoms. The van der Waals surface area contributed by atoms with E-state index in [1.54, 1.807) is 29.7 Å².